The normalized spacial score (nSPS) is 18.2. The zero-order valence-electron chi connectivity index (χ0n) is 7.89. The summed E-state index contributed by atoms with van der Waals surface area (Å²) in [6.45, 7) is 0. The summed E-state index contributed by atoms with van der Waals surface area (Å²) in [5.74, 6) is 0. The lowest BCUT2D eigenvalue weighted by Gasteiger charge is -2.10. The van der Waals surface area contributed by atoms with E-state index in [1.54, 1.807) is 0 Å². The zero-order chi connectivity index (χ0) is 10.2. The van der Waals surface area contributed by atoms with Gasteiger partial charge in [-0.3, -0.25) is 0 Å². The van der Waals surface area contributed by atoms with E-state index in [9.17, 15) is 0 Å². The van der Waals surface area contributed by atoms with Crippen molar-refractivity contribution in [1.82, 2.24) is 0 Å². The van der Waals surface area contributed by atoms with Gasteiger partial charge in [0.2, 0.25) is 0 Å². The molecule has 1 saturated carbocycles. The molecule has 3 heteroatoms. The fourth-order valence-corrected chi connectivity index (χ4v) is 2.14. The van der Waals surface area contributed by atoms with Gasteiger partial charge in [-0.1, -0.05) is 29.3 Å². The Balaban J connectivity index is 2.08. The third-order valence-corrected chi connectivity index (χ3v) is 3.54. The van der Waals surface area contributed by atoms with Gasteiger partial charge in [-0.05, 0) is 43.4 Å². The Morgan fingerprint density at radius 1 is 1.21 bits per heavy atom. The van der Waals surface area contributed by atoms with Crippen molar-refractivity contribution in [2.75, 3.05) is 0 Å². The summed E-state index contributed by atoms with van der Waals surface area (Å²) in [5.41, 5.74) is 7.12. The minimum absolute atomic E-state index is 0.0719. The van der Waals surface area contributed by atoms with Gasteiger partial charge in [0.05, 0.1) is 0 Å². The van der Waals surface area contributed by atoms with Crippen LogP contribution in [0.15, 0.2) is 18.2 Å². The smallest absolute Gasteiger partial charge is 0.0452 e. The zero-order valence-corrected chi connectivity index (χ0v) is 9.41. The lowest BCUT2D eigenvalue weighted by molar-refractivity contribution is 0.609. The average molecular weight is 230 g/mol. The molecule has 0 atom stereocenters. The molecule has 2 rings (SSSR count). The molecule has 1 aliphatic carbocycles. The van der Waals surface area contributed by atoms with Crippen molar-refractivity contribution >= 4 is 23.2 Å². The quantitative estimate of drug-likeness (QED) is 0.845. The van der Waals surface area contributed by atoms with Crippen molar-refractivity contribution in [2.45, 2.75) is 31.2 Å². The van der Waals surface area contributed by atoms with Crippen LogP contribution in [0.1, 0.15) is 24.8 Å². The van der Waals surface area contributed by atoms with Crippen molar-refractivity contribution in [3.63, 3.8) is 0 Å². The predicted octanol–water partition coefficient (Wildman–Crippen LogP) is 3.42. The molecule has 1 nitrogen and oxygen atoms in total. The fourth-order valence-electron chi connectivity index (χ4n) is 1.56. The first-order chi connectivity index (χ1) is 6.61. The Kier molecular flexibility index (Phi) is 2.74. The Hall–Kier alpha value is -0.240. The van der Waals surface area contributed by atoms with Crippen molar-refractivity contribution in [2.24, 2.45) is 5.73 Å². The van der Waals surface area contributed by atoms with Gasteiger partial charge in [-0.2, -0.15) is 0 Å². The maximum Gasteiger partial charge on any atom is 0.0452 e. The van der Waals surface area contributed by atoms with E-state index < -0.39 is 0 Å². The van der Waals surface area contributed by atoms with Gasteiger partial charge in [0, 0.05) is 15.6 Å². The van der Waals surface area contributed by atoms with Gasteiger partial charge in [0.15, 0.2) is 0 Å². The summed E-state index contributed by atoms with van der Waals surface area (Å²) in [7, 11) is 0. The molecule has 0 heterocycles. The van der Waals surface area contributed by atoms with Crippen molar-refractivity contribution in [1.29, 1.82) is 0 Å². The summed E-state index contributed by atoms with van der Waals surface area (Å²) in [5, 5.41) is 1.50. The highest BCUT2D eigenvalue weighted by atomic mass is 35.5. The molecule has 1 aliphatic rings. The van der Waals surface area contributed by atoms with E-state index >= 15 is 0 Å². The molecule has 0 saturated heterocycles. The molecule has 2 N–H and O–H groups in total. The molecular weight excluding hydrogens is 217 g/mol. The predicted molar refractivity (Wildman–Crippen MR) is 60.9 cm³/mol. The Morgan fingerprint density at radius 3 is 2.29 bits per heavy atom. The van der Waals surface area contributed by atoms with Crippen molar-refractivity contribution < 1.29 is 0 Å². The van der Waals surface area contributed by atoms with Gasteiger partial charge >= 0.3 is 0 Å². The van der Waals surface area contributed by atoms with Crippen LogP contribution in [0.4, 0.5) is 0 Å². The number of rotatable bonds is 3. The van der Waals surface area contributed by atoms with Gasteiger partial charge in [-0.15, -0.1) is 0 Å². The number of hydrogen-bond acceptors (Lipinski definition) is 1. The van der Waals surface area contributed by atoms with Gasteiger partial charge in [0.1, 0.15) is 0 Å². The van der Waals surface area contributed by atoms with Crippen LogP contribution in [0.3, 0.4) is 0 Å². The van der Waals surface area contributed by atoms with Crippen LogP contribution in [0.5, 0.6) is 0 Å². The van der Waals surface area contributed by atoms with Crippen LogP contribution in [0, 0.1) is 0 Å². The number of benzene rings is 1. The second-order valence-electron chi connectivity index (χ2n) is 4.06. The minimum Gasteiger partial charge on any atom is -0.325 e. The van der Waals surface area contributed by atoms with E-state index in [1.807, 2.05) is 18.2 Å². The molecule has 0 amide bonds. The second kappa shape index (κ2) is 3.73. The third-order valence-electron chi connectivity index (χ3n) is 2.83. The first kappa shape index (κ1) is 10.3. The molecule has 1 fully saturated rings. The van der Waals surface area contributed by atoms with E-state index in [1.165, 1.54) is 0 Å². The molecule has 14 heavy (non-hydrogen) atoms. The number of nitrogens with two attached hydrogens (primary N) is 1. The molecule has 1 aromatic carbocycles. The SMILES string of the molecule is NC1(CCc2c(Cl)cccc2Cl)CC1. The standard InChI is InChI=1S/C11H13Cl2N/c12-9-2-1-3-10(13)8(9)4-5-11(14)6-7-11/h1-3H,4-7,14H2. The van der Waals surface area contributed by atoms with Gasteiger partial charge in [-0.25, -0.2) is 0 Å². The molecular formula is C11H13Cl2N. The summed E-state index contributed by atoms with van der Waals surface area (Å²) in [4.78, 5) is 0. The van der Waals surface area contributed by atoms with E-state index in [2.05, 4.69) is 0 Å². The first-order valence-electron chi connectivity index (χ1n) is 4.82. The van der Waals surface area contributed by atoms with E-state index in [-0.39, 0.29) is 5.54 Å². The third kappa shape index (κ3) is 2.22. The van der Waals surface area contributed by atoms with Crippen LogP contribution >= 0.6 is 23.2 Å². The van der Waals surface area contributed by atoms with Gasteiger partial charge < -0.3 is 5.73 Å². The highest BCUT2D eigenvalue weighted by Gasteiger charge is 2.37. The van der Waals surface area contributed by atoms with Crippen LogP contribution in [-0.2, 0) is 6.42 Å². The number of halogens is 2. The van der Waals surface area contributed by atoms with Crippen LogP contribution in [-0.4, -0.2) is 5.54 Å². The highest BCUT2D eigenvalue weighted by molar-refractivity contribution is 6.35. The molecule has 0 unspecified atom stereocenters. The van der Waals surface area contributed by atoms with E-state index in [0.29, 0.717) is 0 Å². The van der Waals surface area contributed by atoms with Gasteiger partial charge in [0.25, 0.3) is 0 Å². The molecule has 0 aliphatic heterocycles. The number of hydrogen-bond donors (Lipinski definition) is 1. The summed E-state index contributed by atoms with van der Waals surface area (Å²) in [6, 6.07) is 5.61. The Morgan fingerprint density at radius 2 is 1.79 bits per heavy atom. The topological polar surface area (TPSA) is 26.0 Å². The molecule has 1 aromatic rings. The van der Waals surface area contributed by atoms with E-state index in [0.717, 1.165) is 41.3 Å². The summed E-state index contributed by atoms with van der Waals surface area (Å²) in [6.07, 6.45) is 4.13. The van der Waals surface area contributed by atoms with E-state index in [4.69, 9.17) is 28.9 Å². The second-order valence-corrected chi connectivity index (χ2v) is 4.88. The average Bonchev–Trinajstić information content (AvgIpc) is 2.83. The maximum atomic E-state index is 6.05. The molecule has 0 spiro atoms. The molecule has 0 bridgehead atoms. The maximum absolute atomic E-state index is 6.05. The summed E-state index contributed by atoms with van der Waals surface area (Å²) >= 11 is 12.1. The molecule has 0 aromatic heterocycles. The van der Waals surface area contributed by atoms with Crippen LogP contribution < -0.4 is 5.73 Å². The highest BCUT2D eigenvalue weighted by Crippen LogP contribution is 2.38. The fraction of sp³-hybridized carbons (Fsp3) is 0.455. The molecule has 0 radical (unpaired) electrons. The lowest BCUT2D eigenvalue weighted by Crippen LogP contribution is -2.22. The lowest BCUT2D eigenvalue weighted by atomic mass is 10.0. The van der Waals surface area contributed by atoms with Crippen molar-refractivity contribution in [3.8, 4) is 0 Å². The largest absolute Gasteiger partial charge is 0.325 e. The van der Waals surface area contributed by atoms with Crippen molar-refractivity contribution in [3.05, 3.63) is 33.8 Å². The minimum atomic E-state index is 0.0719. The van der Waals surface area contributed by atoms with Crippen LogP contribution in [0.2, 0.25) is 10.0 Å². The molecule has 76 valence electrons. The first-order valence-corrected chi connectivity index (χ1v) is 5.58. The summed E-state index contributed by atoms with van der Waals surface area (Å²) < 4.78 is 0. The van der Waals surface area contributed by atoms with Crippen LogP contribution in [0.25, 0.3) is 0 Å². The Labute approximate surface area is 94.2 Å². The monoisotopic (exact) mass is 229 g/mol. The Bertz CT molecular complexity index is 325.